The molecule has 102 valence electrons. The highest BCUT2D eigenvalue weighted by Crippen LogP contribution is 2.41. The minimum atomic E-state index is 0.647. The van der Waals surface area contributed by atoms with Gasteiger partial charge < -0.3 is 5.32 Å². The lowest BCUT2D eigenvalue weighted by Gasteiger charge is -2.32. The number of likely N-dealkylation sites (tertiary alicyclic amines) is 1. The number of amidine groups is 1. The van der Waals surface area contributed by atoms with E-state index in [-0.39, 0.29) is 0 Å². The highest BCUT2D eigenvalue weighted by molar-refractivity contribution is 8.14. The van der Waals surface area contributed by atoms with Crippen LogP contribution in [0.1, 0.15) is 39.0 Å². The molecule has 0 spiro atoms. The van der Waals surface area contributed by atoms with Crippen molar-refractivity contribution in [3.8, 4) is 0 Å². The summed E-state index contributed by atoms with van der Waals surface area (Å²) in [6, 6.07) is 0.647. The van der Waals surface area contributed by atoms with E-state index in [1.807, 2.05) is 11.8 Å². The molecule has 2 aliphatic heterocycles. The number of thioether (sulfide) groups is 1. The van der Waals surface area contributed by atoms with Gasteiger partial charge in [0.05, 0.1) is 6.54 Å². The van der Waals surface area contributed by atoms with Crippen LogP contribution in [0.15, 0.2) is 4.99 Å². The molecule has 2 atom stereocenters. The summed E-state index contributed by atoms with van der Waals surface area (Å²) in [5.74, 6) is 0.970. The summed E-state index contributed by atoms with van der Waals surface area (Å²) < 4.78 is 0. The number of piperidine rings is 1. The van der Waals surface area contributed by atoms with E-state index in [1.54, 1.807) is 0 Å². The largest absolute Gasteiger partial charge is 0.363 e. The Kier molecular flexibility index (Phi) is 4.14. The van der Waals surface area contributed by atoms with Gasteiger partial charge in [0, 0.05) is 17.8 Å². The van der Waals surface area contributed by atoms with E-state index >= 15 is 0 Å². The standard InChI is InChI=1S/C14H25N3S/c1-11(17-7-3-2-4-8-17)9-15-14-16-10-13(18-14)12-5-6-12/h11-13H,2-10H2,1H3,(H,15,16). The zero-order valence-corrected chi connectivity index (χ0v) is 12.2. The molecule has 1 saturated carbocycles. The first-order valence-electron chi connectivity index (χ1n) is 7.52. The van der Waals surface area contributed by atoms with Gasteiger partial charge in [-0.1, -0.05) is 18.2 Å². The predicted molar refractivity (Wildman–Crippen MR) is 79.3 cm³/mol. The predicted octanol–water partition coefficient (Wildman–Crippen LogP) is 2.33. The van der Waals surface area contributed by atoms with Gasteiger partial charge in [-0.15, -0.1) is 0 Å². The molecule has 3 nitrogen and oxygen atoms in total. The number of nitrogens with one attached hydrogen (secondary N) is 1. The fourth-order valence-electron chi connectivity index (χ4n) is 2.92. The van der Waals surface area contributed by atoms with Crippen molar-refractivity contribution in [2.24, 2.45) is 10.9 Å². The lowest BCUT2D eigenvalue weighted by Crippen LogP contribution is -2.43. The normalized spacial score (nSPS) is 31.2. The Hall–Kier alpha value is -0.220. The topological polar surface area (TPSA) is 27.6 Å². The van der Waals surface area contributed by atoms with E-state index < -0.39 is 0 Å². The first-order chi connectivity index (χ1) is 8.83. The summed E-state index contributed by atoms with van der Waals surface area (Å²) >= 11 is 1.99. The molecule has 0 amide bonds. The first-order valence-corrected chi connectivity index (χ1v) is 8.40. The minimum absolute atomic E-state index is 0.647. The molecule has 0 aromatic rings. The van der Waals surface area contributed by atoms with E-state index in [0.717, 1.165) is 24.3 Å². The van der Waals surface area contributed by atoms with Gasteiger partial charge in [-0.3, -0.25) is 9.89 Å². The van der Waals surface area contributed by atoms with Gasteiger partial charge in [-0.2, -0.15) is 0 Å². The summed E-state index contributed by atoms with van der Waals surface area (Å²) in [4.78, 5) is 7.27. The Morgan fingerprint density at radius 2 is 2.11 bits per heavy atom. The molecular weight excluding hydrogens is 242 g/mol. The Labute approximate surface area is 115 Å². The van der Waals surface area contributed by atoms with Crippen molar-refractivity contribution in [1.82, 2.24) is 10.2 Å². The molecule has 1 N–H and O–H groups in total. The lowest BCUT2D eigenvalue weighted by atomic mass is 10.1. The van der Waals surface area contributed by atoms with Gasteiger partial charge in [0.2, 0.25) is 0 Å². The molecule has 2 heterocycles. The Morgan fingerprint density at radius 3 is 2.83 bits per heavy atom. The summed E-state index contributed by atoms with van der Waals surface area (Å²) in [6.07, 6.45) is 7.05. The SMILES string of the molecule is CC(CNC1=NCC(C2CC2)S1)N1CCCCC1. The third-order valence-electron chi connectivity index (χ3n) is 4.39. The van der Waals surface area contributed by atoms with E-state index in [0.29, 0.717) is 6.04 Å². The van der Waals surface area contributed by atoms with Gasteiger partial charge in [-0.25, -0.2) is 0 Å². The van der Waals surface area contributed by atoms with Crippen LogP contribution in [-0.4, -0.2) is 47.5 Å². The second-order valence-electron chi connectivity index (χ2n) is 5.97. The van der Waals surface area contributed by atoms with Crippen LogP contribution in [0.5, 0.6) is 0 Å². The van der Waals surface area contributed by atoms with E-state index in [9.17, 15) is 0 Å². The van der Waals surface area contributed by atoms with E-state index in [1.165, 1.54) is 50.4 Å². The van der Waals surface area contributed by atoms with Gasteiger partial charge >= 0.3 is 0 Å². The molecule has 18 heavy (non-hydrogen) atoms. The maximum Gasteiger partial charge on any atom is 0.156 e. The maximum absolute atomic E-state index is 4.65. The third kappa shape index (κ3) is 3.21. The highest BCUT2D eigenvalue weighted by Gasteiger charge is 2.35. The van der Waals surface area contributed by atoms with E-state index in [4.69, 9.17) is 0 Å². The molecule has 1 saturated heterocycles. The molecule has 2 unspecified atom stereocenters. The number of hydrogen-bond acceptors (Lipinski definition) is 4. The summed E-state index contributed by atoms with van der Waals surface area (Å²) in [5, 5.41) is 5.56. The van der Waals surface area contributed by atoms with Crippen LogP contribution < -0.4 is 5.32 Å². The van der Waals surface area contributed by atoms with Crippen LogP contribution in [0.3, 0.4) is 0 Å². The van der Waals surface area contributed by atoms with Crippen molar-refractivity contribution in [2.75, 3.05) is 26.2 Å². The van der Waals surface area contributed by atoms with Crippen molar-refractivity contribution in [1.29, 1.82) is 0 Å². The Bertz CT molecular complexity index is 308. The van der Waals surface area contributed by atoms with Crippen molar-refractivity contribution in [2.45, 2.75) is 50.3 Å². The van der Waals surface area contributed by atoms with Crippen molar-refractivity contribution < 1.29 is 0 Å². The molecule has 0 aromatic heterocycles. The molecule has 0 radical (unpaired) electrons. The summed E-state index contributed by atoms with van der Waals surface area (Å²) in [6.45, 7) is 7.02. The van der Waals surface area contributed by atoms with Gasteiger partial charge in [0.15, 0.2) is 5.17 Å². The average Bonchev–Trinajstić information content (AvgIpc) is 3.16. The van der Waals surface area contributed by atoms with Gasteiger partial charge in [0.25, 0.3) is 0 Å². The van der Waals surface area contributed by atoms with Crippen molar-refractivity contribution in [3.63, 3.8) is 0 Å². The molecule has 3 aliphatic rings. The minimum Gasteiger partial charge on any atom is -0.363 e. The molecule has 0 aromatic carbocycles. The summed E-state index contributed by atoms with van der Waals surface area (Å²) in [5.41, 5.74) is 0. The van der Waals surface area contributed by atoms with Crippen LogP contribution in [0.4, 0.5) is 0 Å². The zero-order chi connectivity index (χ0) is 12.4. The molecule has 2 fully saturated rings. The van der Waals surface area contributed by atoms with Crippen LogP contribution in [-0.2, 0) is 0 Å². The molecule has 1 aliphatic carbocycles. The number of hydrogen-bond donors (Lipinski definition) is 1. The fraction of sp³-hybridized carbons (Fsp3) is 0.929. The Morgan fingerprint density at radius 1 is 1.33 bits per heavy atom. The van der Waals surface area contributed by atoms with Crippen molar-refractivity contribution in [3.05, 3.63) is 0 Å². The number of aliphatic imine (C=N–C) groups is 1. The molecule has 3 rings (SSSR count). The summed E-state index contributed by atoms with van der Waals surface area (Å²) in [7, 11) is 0. The highest BCUT2D eigenvalue weighted by atomic mass is 32.2. The average molecular weight is 267 g/mol. The maximum atomic E-state index is 4.65. The van der Waals surface area contributed by atoms with Gasteiger partial charge in [-0.05, 0) is 51.6 Å². The third-order valence-corrected chi connectivity index (χ3v) is 5.72. The van der Waals surface area contributed by atoms with Crippen molar-refractivity contribution >= 4 is 16.9 Å². The first kappa shape index (κ1) is 12.8. The second-order valence-corrected chi connectivity index (χ2v) is 7.19. The van der Waals surface area contributed by atoms with Crippen LogP contribution >= 0.6 is 11.8 Å². The van der Waals surface area contributed by atoms with Crippen LogP contribution in [0.2, 0.25) is 0 Å². The molecule has 0 bridgehead atoms. The molecular formula is C14H25N3S. The Balaban J connectivity index is 1.38. The number of rotatable bonds is 4. The smallest absolute Gasteiger partial charge is 0.156 e. The lowest BCUT2D eigenvalue weighted by molar-refractivity contribution is 0.175. The van der Waals surface area contributed by atoms with Crippen LogP contribution in [0.25, 0.3) is 0 Å². The van der Waals surface area contributed by atoms with Crippen LogP contribution in [0, 0.1) is 5.92 Å². The molecule has 4 heteroatoms. The van der Waals surface area contributed by atoms with Gasteiger partial charge in [0.1, 0.15) is 0 Å². The number of nitrogens with zero attached hydrogens (tertiary/aromatic N) is 2. The second kappa shape index (κ2) is 5.83. The quantitative estimate of drug-likeness (QED) is 0.847. The monoisotopic (exact) mass is 267 g/mol. The van der Waals surface area contributed by atoms with E-state index in [2.05, 4.69) is 22.1 Å². The fourth-order valence-corrected chi connectivity index (χ4v) is 4.14. The zero-order valence-electron chi connectivity index (χ0n) is 11.4.